The lowest BCUT2D eigenvalue weighted by Crippen LogP contribution is -1.92. The largest absolute Gasteiger partial charge is 0.264 e. The van der Waals surface area contributed by atoms with Crippen LogP contribution in [0.5, 0.6) is 0 Å². The van der Waals surface area contributed by atoms with Gasteiger partial charge in [-0.25, -0.2) is 0 Å². The number of fused-ring (bicyclic) bond motifs is 2. The molecule has 0 spiro atoms. The van der Waals surface area contributed by atoms with Crippen molar-refractivity contribution in [3.63, 3.8) is 0 Å². The fourth-order valence-corrected chi connectivity index (χ4v) is 7.36. The first-order valence-corrected chi connectivity index (χ1v) is 16.1. The predicted octanol–water partition coefficient (Wildman–Crippen LogP) is 11.1. The molecule has 0 aliphatic heterocycles. The number of pyridine rings is 2. The second-order valence-corrected chi connectivity index (χ2v) is 12.4. The third-order valence-electron chi connectivity index (χ3n) is 9.70. The van der Waals surface area contributed by atoms with Crippen LogP contribution in [0.2, 0.25) is 0 Å². The lowest BCUT2D eigenvalue weighted by Gasteiger charge is -2.17. The third kappa shape index (κ3) is 4.24. The van der Waals surface area contributed by atoms with Crippen LogP contribution in [0.4, 0.5) is 0 Å². The molecule has 0 bridgehead atoms. The van der Waals surface area contributed by atoms with Crippen molar-refractivity contribution in [2.45, 2.75) is 0 Å². The Morgan fingerprint density at radius 3 is 1.44 bits per heavy atom. The molecular weight excluding hydrogens is 585 g/mol. The molecule has 4 nitrogen and oxygen atoms in total. The van der Waals surface area contributed by atoms with E-state index in [0.717, 1.165) is 22.0 Å². The Hall–Kier alpha value is -6.52. The van der Waals surface area contributed by atoms with Crippen LogP contribution in [0.1, 0.15) is 0 Å². The first-order valence-electron chi connectivity index (χ1n) is 16.1. The summed E-state index contributed by atoms with van der Waals surface area (Å²) in [6.45, 7) is 0. The molecule has 10 rings (SSSR count). The summed E-state index contributed by atoms with van der Waals surface area (Å²) in [5, 5.41) is 12.0. The minimum Gasteiger partial charge on any atom is -0.264 e. The van der Waals surface area contributed by atoms with Gasteiger partial charge in [-0.3, -0.25) is 19.9 Å². The maximum atomic E-state index is 4.64. The highest BCUT2D eigenvalue weighted by molar-refractivity contribution is 6.27. The van der Waals surface area contributed by atoms with Crippen molar-refractivity contribution >= 4 is 53.9 Å². The minimum atomic E-state index is 0.880. The maximum Gasteiger partial charge on any atom is 0.0891 e. The molecule has 0 radical (unpaired) electrons. The van der Waals surface area contributed by atoms with Gasteiger partial charge in [0.1, 0.15) is 0 Å². The van der Waals surface area contributed by atoms with Gasteiger partial charge >= 0.3 is 0 Å². The van der Waals surface area contributed by atoms with E-state index in [2.05, 4.69) is 135 Å². The Balaban J connectivity index is 1.23. The van der Waals surface area contributed by atoms with Gasteiger partial charge in [0.05, 0.1) is 11.9 Å². The summed E-state index contributed by atoms with van der Waals surface area (Å²) < 4.78 is 0. The van der Waals surface area contributed by atoms with Crippen molar-refractivity contribution in [3.8, 4) is 44.6 Å². The molecule has 10 aromatic rings. The zero-order chi connectivity index (χ0) is 31.6. The molecule has 3 heterocycles. The van der Waals surface area contributed by atoms with Gasteiger partial charge < -0.3 is 0 Å². The second kappa shape index (κ2) is 10.5. The maximum absolute atomic E-state index is 4.64. The zero-order valence-corrected chi connectivity index (χ0v) is 25.8. The summed E-state index contributed by atoms with van der Waals surface area (Å²) in [7, 11) is 0. The Kier molecular flexibility index (Phi) is 5.84. The molecule has 0 aliphatic carbocycles. The molecule has 0 aliphatic rings. The van der Waals surface area contributed by atoms with E-state index in [9.17, 15) is 0 Å². The van der Waals surface area contributed by atoms with E-state index < -0.39 is 0 Å². The van der Waals surface area contributed by atoms with E-state index >= 15 is 0 Å². The average Bonchev–Trinajstić information content (AvgIpc) is 3.16. The monoisotopic (exact) mass is 610 g/mol. The van der Waals surface area contributed by atoms with Crippen LogP contribution in [-0.2, 0) is 0 Å². The summed E-state index contributed by atoms with van der Waals surface area (Å²) in [4.78, 5) is 17.6. The Labute approximate surface area is 276 Å². The van der Waals surface area contributed by atoms with Crippen molar-refractivity contribution in [2.24, 2.45) is 0 Å². The predicted molar refractivity (Wildman–Crippen MR) is 198 cm³/mol. The Bertz CT molecular complexity index is 2740. The molecule has 0 unspecified atom stereocenters. The van der Waals surface area contributed by atoms with E-state index in [1.165, 1.54) is 76.5 Å². The highest BCUT2D eigenvalue weighted by Crippen LogP contribution is 2.43. The van der Waals surface area contributed by atoms with Crippen LogP contribution in [0.15, 0.2) is 159 Å². The van der Waals surface area contributed by atoms with E-state index in [4.69, 9.17) is 0 Å². The third-order valence-corrected chi connectivity index (χ3v) is 9.70. The molecule has 0 N–H and O–H groups in total. The van der Waals surface area contributed by atoms with Gasteiger partial charge in [0.2, 0.25) is 0 Å². The quantitative estimate of drug-likeness (QED) is 0.186. The molecular formula is C44H26N4. The normalized spacial score (nSPS) is 11.8. The number of aromatic nitrogens is 4. The fraction of sp³-hybridized carbons (Fsp3) is 0. The van der Waals surface area contributed by atoms with Gasteiger partial charge in [0.25, 0.3) is 0 Å². The van der Waals surface area contributed by atoms with Gasteiger partial charge in [-0.2, -0.15) is 0 Å². The molecule has 7 aromatic carbocycles. The van der Waals surface area contributed by atoms with Gasteiger partial charge in [-0.15, -0.1) is 0 Å². The lowest BCUT2D eigenvalue weighted by molar-refractivity contribution is 1.21. The fourth-order valence-electron chi connectivity index (χ4n) is 7.36. The number of hydrogen-bond donors (Lipinski definition) is 0. The van der Waals surface area contributed by atoms with Crippen LogP contribution < -0.4 is 0 Å². The van der Waals surface area contributed by atoms with Gasteiger partial charge in [-0.1, -0.05) is 72.8 Å². The van der Waals surface area contributed by atoms with Crippen LogP contribution >= 0.6 is 0 Å². The molecule has 4 heteroatoms. The molecule has 222 valence electrons. The van der Waals surface area contributed by atoms with Crippen molar-refractivity contribution in [1.29, 1.82) is 0 Å². The first kappa shape index (κ1) is 26.7. The Morgan fingerprint density at radius 1 is 0.312 bits per heavy atom. The topological polar surface area (TPSA) is 51.6 Å². The summed E-state index contributed by atoms with van der Waals surface area (Å²) in [6.07, 6.45) is 12.9. The summed E-state index contributed by atoms with van der Waals surface area (Å²) in [5.74, 6) is 0. The summed E-state index contributed by atoms with van der Waals surface area (Å²) in [5.41, 5.74) is 9.06. The van der Waals surface area contributed by atoms with E-state index in [1.807, 2.05) is 31.0 Å². The number of nitrogens with zero attached hydrogens (tertiary/aromatic N) is 4. The number of rotatable bonds is 4. The highest BCUT2D eigenvalue weighted by atomic mass is 14.8. The van der Waals surface area contributed by atoms with Gasteiger partial charge in [0, 0.05) is 53.5 Å². The van der Waals surface area contributed by atoms with Crippen LogP contribution in [0.3, 0.4) is 0 Å². The lowest BCUT2D eigenvalue weighted by atomic mass is 9.86. The molecule has 3 aromatic heterocycles. The summed E-state index contributed by atoms with van der Waals surface area (Å²) >= 11 is 0. The molecule has 0 saturated carbocycles. The van der Waals surface area contributed by atoms with Crippen molar-refractivity contribution in [3.05, 3.63) is 159 Å². The summed E-state index contributed by atoms with van der Waals surface area (Å²) in [6, 6.07) is 42.4. The number of hydrogen-bond acceptors (Lipinski definition) is 4. The van der Waals surface area contributed by atoms with Gasteiger partial charge in [0.15, 0.2) is 0 Å². The average molecular weight is 611 g/mol. The van der Waals surface area contributed by atoms with E-state index in [0.29, 0.717) is 0 Å². The van der Waals surface area contributed by atoms with Crippen molar-refractivity contribution in [1.82, 2.24) is 19.9 Å². The molecule has 0 saturated heterocycles. The standard InChI is InChI=1S/C44H26N4/c1-3-33-24-45-15-13-31(33)19-29(1)35-21-36(30-2-4-34-25-46-16-14-32(34)20-30)23-37(22-35)38-9-5-27-8-12-41-39(42-26-47-17-18-48-42)10-6-28-7-11-40(38)43(27)44(28)41/h1-26H. The molecule has 0 atom stereocenters. The molecule has 0 fully saturated rings. The van der Waals surface area contributed by atoms with Crippen molar-refractivity contribution < 1.29 is 0 Å². The van der Waals surface area contributed by atoms with E-state index in [1.54, 1.807) is 12.4 Å². The van der Waals surface area contributed by atoms with Crippen LogP contribution in [-0.4, -0.2) is 19.9 Å². The van der Waals surface area contributed by atoms with Gasteiger partial charge in [-0.05, 0) is 119 Å². The van der Waals surface area contributed by atoms with Crippen LogP contribution in [0.25, 0.3) is 98.5 Å². The van der Waals surface area contributed by atoms with Crippen molar-refractivity contribution in [2.75, 3.05) is 0 Å². The number of benzene rings is 7. The Morgan fingerprint density at radius 2 is 0.833 bits per heavy atom. The smallest absolute Gasteiger partial charge is 0.0891 e. The van der Waals surface area contributed by atoms with Crippen LogP contribution in [0, 0.1) is 0 Å². The first-order chi connectivity index (χ1) is 23.8. The molecule has 0 amide bonds. The second-order valence-electron chi connectivity index (χ2n) is 12.4. The minimum absolute atomic E-state index is 0.880. The zero-order valence-electron chi connectivity index (χ0n) is 25.8. The SMILES string of the molecule is c1cnc(-c2ccc3ccc4c(-c5cc(-c6ccc7cnccc7c6)cc(-c6ccc7cnccc7c6)c5)ccc5ccc2c3c54)cn1. The molecule has 48 heavy (non-hydrogen) atoms. The highest BCUT2D eigenvalue weighted by Gasteiger charge is 2.17. The van der Waals surface area contributed by atoms with E-state index in [-0.39, 0.29) is 0 Å².